The molecule has 2 aromatic rings. The van der Waals surface area contributed by atoms with Crippen molar-refractivity contribution in [3.05, 3.63) is 47.2 Å². The fraction of sp³-hybridized carbons (Fsp3) is 0.560. The number of nitrogens with zero attached hydrogens (tertiary/aromatic N) is 5. The minimum absolute atomic E-state index is 0.266. The average Bonchev–Trinajstić information content (AvgIpc) is 3.01. The minimum atomic E-state index is -0.512. The molecule has 2 aliphatic heterocycles. The first kappa shape index (κ1) is 23.3. The molecule has 8 nitrogen and oxygen atoms in total. The molecule has 1 saturated heterocycles. The van der Waals surface area contributed by atoms with Crippen LogP contribution < -0.4 is 9.80 Å². The van der Waals surface area contributed by atoms with Gasteiger partial charge in [-0.05, 0) is 32.8 Å². The number of carbonyl (C=O) groups excluding carboxylic acids is 1. The van der Waals surface area contributed by atoms with Crippen LogP contribution in [-0.4, -0.2) is 73.0 Å². The third kappa shape index (κ3) is 5.93. The van der Waals surface area contributed by atoms with Crippen LogP contribution in [0.3, 0.4) is 0 Å². The highest BCUT2D eigenvalue weighted by Gasteiger charge is 2.28. The Labute approximate surface area is 196 Å². The number of hydrogen-bond donors (Lipinski definition) is 0. The van der Waals surface area contributed by atoms with E-state index >= 15 is 0 Å². The Bertz CT molecular complexity index is 955. The van der Waals surface area contributed by atoms with Gasteiger partial charge in [-0.2, -0.15) is 4.98 Å². The van der Waals surface area contributed by atoms with Crippen LogP contribution >= 0.6 is 0 Å². The van der Waals surface area contributed by atoms with Gasteiger partial charge in [0.25, 0.3) is 0 Å². The van der Waals surface area contributed by atoms with Crippen molar-refractivity contribution < 1.29 is 14.3 Å². The molecule has 1 amide bonds. The van der Waals surface area contributed by atoms with Crippen molar-refractivity contribution >= 4 is 17.9 Å². The molecule has 0 bridgehead atoms. The Morgan fingerprint density at radius 3 is 2.45 bits per heavy atom. The summed E-state index contributed by atoms with van der Waals surface area (Å²) < 4.78 is 11.2. The molecule has 0 unspecified atom stereocenters. The number of rotatable bonds is 4. The normalized spacial score (nSPS) is 16.7. The van der Waals surface area contributed by atoms with Gasteiger partial charge in [0.1, 0.15) is 11.4 Å². The van der Waals surface area contributed by atoms with Crippen LogP contribution in [0.1, 0.15) is 37.6 Å². The van der Waals surface area contributed by atoms with E-state index in [1.807, 2.05) is 46.0 Å². The monoisotopic (exact) mass is 453 g/mol. The number of aromatic nitrogens is 2. The third-order valence-corrected chi connectivity index (χ3v) is 5.88. The molecule has 0 aliphatic carbocycles. The van der Waals surface area contributed by atoms with Crippen LogP contribution in [0.15, 0.2) is 30.3 Å². The van der Waals surface area contributed by atoms with Gasteiger partial charge in [0.15, 0.2) is 0 Å². The second-order valence-corrected chi connectivity index (χ2v) is 9.68. The van der Waals surface area contributed by atoms with Crippen LogP contribution in [0, 0.1) is 0 Å². The molecular weight excluding hydrogens is 418 g/mol. The van der Waals surface area contributed by atoms with Gasteiger partial charge in [0.2, 0.25) is 5.95 Å². The lowest BCUT2D eigenvalue weighted by Gasteiger charge is -2.31. The quantitative estimate of drug-likeness (QED) is 0.704. The van der Waals surface area contributed by atoms with E-state index in [2.05, 4.69) is 21.9 Å². The summed E-state index contributed by atoms with van der Waals surface area (Å²) in [6.45, 7) is 10.6. The molecule has 3 heterocycles. The first-order valence-corrected chi connectivity index (χ1v) is 11.8. The highest BCUT2D eigenvalue weighted by Crippen LogP contribution is 2.28. The molecule has 0 radical (unpaired) electrons. The van der Waals surface area contributed by atoms with Crippen LogP contribution in [-0.2, 0) is 28.9 Å². The van der Waals surface area contributed by atoms with E-state index in [0.29, 0.717) is 45.1 Å². The van der Waals surface area contributed by atoms with E-state index < -0.39 is 5.60 Å². The van der Waals surface area contributed by atoms with Crippen LogP contribution in [0.2, 0.25) is 0 Å². The zero-order valence-corrected chi connectivity index (χ0v) is 20.2. The molecule has 0 spiro atoms. The minimum Gasteiger partial charge on any atom is -0.444 e. The highest BCUT2D eigenvalue weighted by atomic mass is 16.6. The van der Waals surface area contributed by atoms with Gasteiger partial charge < -0.3 is 24.2 Å². The number of morpholine rings is 1. The summed E-state index contributed by atoms with van der Waals surface area (Å²) in [4.78, 5) is 28.9. The zero-order valence-electron chi connectivity index (χ0n) is 20.2. The molecule has 1 fully saturated rings. The molecular formula is C25H35N5O3. The van der Waals surface area contributed by atoms with E-state index in [1.165, 1.54) is 5.56 Å². The summed E-state index contributed by atoms with van der Waals surface area (Å²) in [6, 6.07) is 10.3. The number of fused-ring (bicyclic) bond motifs is 1. The molecule has 178 valence electrons. The van der Waals surface area contributed by atoms with E-state index in [0.717, 1.165) is 36.7 Å². The first-order valence-electron chi connectivity index (χ1n) is 11.8. The van der Waals surface area contributed by atoms with Crippen molar-refractivity contribution in [1.82, 2.24) is 14.9 Å². The summed E-state index contributed by atoms with van der Waals surface area (Å²) >= 11 is 0. The lowest BCUT2D eigenvalue weighted by atomic mass is 10.1. The van der Waals surface area contributed by atoms with Crippen molar-refractivity contribution in [3.8, 4) is 0 Å². The third-order valence-electron chi connectivity index (χ3n) is 5.88. The zero-order chi connectivity index (χ0) is 23.4. The number of ether oxygens (including phenoxy) is 2. The second kappa shape index (κ2) is 9.95. The number of hydrogen-bond acceptors (Lipinski definition) is 7. The SMILES string of the molecule is CN(Cc1ccccc1)c1nc2c(c(N3CCOCC3)n1)CCN(C(=O)OC(C)(C)C)CC2. The van der Waals surface area contributed by atoms with Crippen LogP contribution in [0.25, 0.3) is 0 Å². The van der Waals surface area contributed by atoms with Crippen molar-refractivity contribution in [2.24, 2.45) is 0 Å². The summed E-state index contributed by atoms with van der Waals surface area (Å²) in [5.41, 5.74) is 2.86. The maximum Gasteiger partial charge on any atom is 0.410 e. The number of benzene rings is 1. The molecule has 8 heteroatoms. The molecule has 1 aromatic heterocycles. The topological polar surface area (TPSA) is 71.0 Å². The summed E-state index contributed by atoms with van der Waals surface area (Å²) in [5.74, 6) is 1.69. The Kier molecular flexibility index (Phi) is 7.02. The van der Waals surface area contributed by atoms with Gasteiger partial charge in [-0.1, -0.05) is 30.3 Å². The van der Waals surface area contributed by atoms with Gasteiger partial charge in [-0.15, -0.1) is 0 Å². The molecule has 0 atom stereocenters. The van der Waals surface area contributed by atoms with E-state index in [4.69, 9.17) is 19.4 Å². The maximum atomic E-state index is 12.7. The lowest BCUT2D eigenvalue weighted by molar-refractivity contribution is 0.0258. The van der Waals surface area contributed by atoms with Gasteiger partial charge in [-0.3, -0.25) is 0 Å². The fourth-order valence-corrected chi connectivity index (χ4v) is 4.21. The molecule has 1 aromatic carbocycles. The smallest absolute Gasteiger partial charge is 0.410 e. The predicted molar refractivity (Wildman–Crippen MR) is 129 cm³/mol. The number of anilines is 2. The Morgan fingerprint density at radius 1 is 1.06 bits per heavy atom. The average molecular weight is 454 g/mol. The summed E-state index contributed by atoms with van der Waals surface area (Å²) in [5, 5.41) is 0. The largest absolute Gasteiger partial charge is 0.444 e. The molecule has 0 saturated carbocycles. The molecule has 33 heavy (non-hydrogen) atoms. The Balaban J connectivity index is 1.61. The van der Waals surface area contributed by atoms with Crippen molar-refractivity contribution in [1.29, 1.82) is 0 Å². The van der Waals surface area contributed by atoms with Gasteiger partial charge in [-0.25, -0.2) is 9.78 Å². The van der Waals surface area contributed by atoms with E-state index in [9.17, 15) is 4.79 Å². The maximum absolute atomic E-state index is 12.7. The number of amides is 1. The Morgan fingerprint density at radius 2 is 1.76 bits per heavy atom. The summed E-state index contributed by atoms with van der Waals surface area (Å²) in [7, 11) is 2.03. The van der Waals surface area contributed by atoms with Crippen molar-refractivity contribution in [2.75, 3.05) is 56.2 Å². The lowest BCUT2D eigenvalue weighted by Crippen LogP contribution is -2.39. The first-order chi connectivity index (χ1) is 15.8. The van der Waals surface area contributed by atoms with Gasteiger partial charge >= 0.3 is 6.09 Å². The van der Waals surface area contributed by atoms with Crippen LogP contribution in [0.4, 0.5) is 16.6 Å². The molecule has 4 rings (SSSR count). The van der Waals surface area contributed by atoms with Crippen LogP contribution in [0.5, 0.6) is 0 Å². The highest BCUT2D eigenvalue weighted by molar-refractivity contribution is 5.68. The van der Waals surface area contributed by atoms with E-state index in [-0.39, 0.29) is 6.09 Å². The standard InChI is InChI=1S/C25H35N5O3/c1-25(2,3)33-24(31)30-12-10-20-21(11-13-30)26-23(27-22(20)29-14-16-32-17-15-29)28(4)18-19-8-6-5-7-9-19/h5-9H,10-18H2,1-4H3. The van der Waals surface area contributed by atoms with E-state index in [1.54, 1.807) is 4.90 Å². The van der Waals surface area contributed by atoms with Crippen molar-refractivity contribution in [3.63, 3.8) is 0 Å². The Hall–Kier alpha value is -2.87. The second-order valence-electron chi connectivity index (χ2n) is 9.68. The van der Waals surface area contributed by atoms with Gasteiger partial charge in [0, 0.05) is 51.8 Å². The van der Waals surface area contributed by atoms with Crippen molar-refractivity contribution in [2.45, 2.75) is 45.8 Å². The molecule has 2 aliphatic rings. The fourth-order valence-electron chi connectivity index (χ4n) is 4.21. The predicted octanol–water partition coefficient (Wildman–Crippen LogP) is 3.29. The summed E-state index contributed by atoms with van der Waals surface area (Å²) in [6.07, 6.45) is 1.13. The van der Waals surface area contributed by atoms with Gasteiger partial charge in [0.05, 0.1) is 18.9 Å². The number of carbonyl (C=O) groups is 1. The molecule has 0 N–H and O–H groups in total.